The van der Waals surface area contributed by atoms with Crippen molar-refractivity contribution in [3.8, 4) is 23.0 Å². The van der Waals surface area contributed by atoms with Crippen LogP contribution >= 0.6 is 0 Å². The third kappa shape index (κ3) is 4.82. The van der Waals surface area contributed by atoms with Crippen LogP contribution in [0.1, 0.15) is 29.8 Å². The van der Waals surface area contributed by atoms with Crippen molar-refractivity contribution in [1.82, 2.24) is 24.7 Å². The molecule has 34 heavy (non-hydrogen) atoms. The van der Waals surface area contributed by atoms with Crippen molar-refractivity contribution < 1.29 is 22.3 Å². The lowest BCUT2D eigenvalue weighted by Gasteiger charge is -2.19. The first-order valence-electron chi connectivity index (χ1n) is 10.2. The molecule has 4 aromatic rings. The lowest BCUT2D eigenvalue weighted by atomic mass is 10.1. The van der Waals surface area contributed by atoms with Gasteiger partial charge in [0.2, 0.25) is 5.88 Å². The van der Waals surface area contributed by atoms with Crippen LogP contribution in [0, 0.1) is 12.7 Å². The summed E-state index contributed by atoms with van der Waals surface area (Å²) in [7, 11) is 1.41. The highest BCUT2D eigenvalue weighted by Gasteiger charge is 2.36. The van der Waals surface area contributed by atoms with Gasteiger partial charge in [0, 0.05) is 6.20 Å². The maximum Gasteiger partial charge on any atom is 0.420 e. The molecule has 0 radical (unpaired) electrons. The van der Waals surface area contributed by atoms with E-state index in [0.29, 0.717) is 11.3 Å². The van der Waals surface area contributed by atoms with Crippen molar-refractivity contribution in [1.29, 1.82) is 0 Å². The van der Waals surface area contributed by atoms with E-state index in [2.05, 4.69) is 25.5 Å². The fraction of sp³-hybridized carbons (Fsp3) is 0.217. The molecule has 3 aromatic heterocycles. The summed E-state index contributed by atoms with van der Waals surface area (Å²) >= 11 is 0. The van der Waals surface area contributed by atoms with Gasteiger partial charge in [-0.05, 0) is 49.7 Å². The van der Waals surface area contributed by atoms with E-state index in [-0.39, 0.29) is 17.3 Å². The molecule has 1 N–H and O–H groups in total. The zero-order valence-electron chi connectivity index (χ0n) is 18.4. The Morgan fingerprint density at radius 3 is 2.38 bits per heavy atom. The predicted molar refractivity (Wildman–Crippen MR) is 117 cm³/mol. The molecule has 0 amide bonds. The van der Waals surface area contributed by atoms with Gasteiger partial charge in [-0.3, -0.25) is 0 Å². The van der Waals surface area contributed by atoms with E-state index in [1.54, 1.807) is 30.1 Å². The Bertz CT molecular complexity index is 1300. The lowest BCUT2D eigenvalue weighted by Crippen LogP contribution is -2.16. The van der Waals surface area contributed by atoms with E-state index in [4.69, 9.17) is 4.74 Å². The van der Waals surface area contributed by atoms with Crippen LogP contribution in [0.5, 0.6) is 5.88 Å². The zero-order valence-corrected chi connectivity index (χ0v) is 18.4. The van der Waals surface area contributed by atoms with Gasteiger partial charge in [0.25, 0.3) is 0 Å². The van der Waals surface area contributed by atoms with Crippen molar-refractivity contribution in [3.05, 3.63) is 77.6 Å². The van der Waals surface area contributed by atoms with Crippen molar-refractivity contribution in [2.24, 2.45) is 0 Å². The van der Waals surface area contributed by atoms with Gasteiger partial charge < -0.3 is 14.6 Å². The second-order valence-corrected chi connectivity index (χ2v) is 7.55. The molecule has 3 heterocycles. The number of aromatic nitrogens is 5. The molecular formula is C23H20F4N6O. The standard InChI is InChI=1S/C23H20F4N6O/c1-13-11-33(12-28-13)20-9-8-18(30-22(20)34-3)19-10-17(23(25,26)27)21(32-31-19)29-14(2)15-4-6-16(24)7-5-15/h4-12,14H,1-3H3,(H,29,32)/t14-/m0/s1. The topological polar surface area (TPSA) is 77.8 Å². The average Bonchev–Trinajstić information content (AvgIpc) is 3.24. The second-order valence-electron chi connectivity index (χ2n) is 7.55. The van der Waals surface area contributed by atoms with E-state index in [9.17, 15) is 17.6 Å². The first-order valence-corrected chi connectivity index (χ1v) is 10.2. The van der Waals surface area contributed by atoms with Gasteiger partial charge >= 0.3 is 6.18 Å². The summed E-state index contributed by atoms with van der Waals surface area (Å²) in [5, 5.41) is 10.5. The number of rotatable bonds is 6. The monoisotopic (exact) mass is 472 g/mol. The third-order valence-electron chi connectivity index (χ3n) is 5.11. The van der Waals surface area contributed by atoms with Crippen LogP contribution in [-0.2, 0) is 6.18 Å². The molecule has 0 bridgehead atoms. The van der Waals surface area contributed by atoms with Crippen LogP contribution in [0.2, 0.25) is 0 Å². The molecule has 11 heteroatoms. The molecule has 1 aromatic carbocycles. The molecule has 1 atom stereocenters. The smallest absolute Gasteiger partial charge is 0.420 e. The first-order chi connectivity index (χ1) is 16.2. The van der Waals surface area contributed by atoms with Gasteiger partial charge in [-0.1, -0.05) is 12.1 Å². The van der Waals surface area contributed by atoms with Crippen molar-refractivity contribution in [2.75, 3.05) is 12.4 Å². The Kier molecular flexibility index (Phi) is 6.18. The number of anilines is 1. The Labute approximate surface area is 192 Å². The fourth-order valence-corrected chi connectivity index (χ4v) is 3.35. The SMILES string of the molecule is COc1nc(-c2cc(C(F)(F)F)c(N[C@@H](C)c3ccc(F)cc3)nn2)ccc1-n1cnc(C)c1. The molecule has 0 saturated heterocycles. The van der Waals surface area contributed by atoms with Crippen LogP contribution in [0.25, 0.3) is 17.1 Å². The predicted octanol–water partition coefficient (Wildman–Crippen LogP) is 5.37. The Morgan fingerprint density at radius 2 is 1.76 bits per heavy atom. The zero-order chi connectivity index (χ0) is 24.5. The summed E-state index contributed by atoms with van der Waals surface area (Å²) in [6.07, 6.45) is -1.35. The Balaban J connectivity index is 1.69. The quantitative estimate of drug-likeness (QED) is 0.380. The molecule has 176 valence electrons. The molecule has 0 unspecified atom stereocenters. The number of methoxy groups -OCH3 is 1. The average molecular weight is 472 g/mol. The summed E-state index contributed by atoms with van der Waals surface area (Å²) in [6, 6.07) is 8.95. The number of alkyl halides is 3. The maximum atomic E-state index is 13.9. The molecule has 0 spiro atoms. The van der Waals surface area contributed by atoms with Crippen LogP contribution in [0.4, 0.5) is 23.4 Å². The van der Waals surface area contributed by atoms with Crippen molar-refractivity contribution >= 4 is 5.82 Å². The van der Waals surface area contributed by atoms with E-state index in [1.165, 1.54) is 37.4 Å². The van der Waals surface area contributed by atoms with Gasteiger partial charge in [0.15, 0.2) is 5.82 Å². The number of aryl methyl sites for hydroxylation is 1. The summed E-state index contributed by atoms with van der Waals surface area (Å²) in [4.78, 5) is 8.47. The fourth-order valence-electron chi connectivity index (χ4n) is 3.35. The minimum atomic E-state index is -4.70. The molecular weight excluding hydrogens is 452 g/mol. The lowest BCUT2D eigenvalue weighted by molar-refractivity contribution is -0.137. The van der Waals surface area contributed by atoms with Crippen molar-refractivity contribution in [2.45, 2.75) is 26.1 Å². The first kappa shape index (κ1) is 23.1. The number of pyridine rings is 1. The molecule has 0 aliphatic rings. The maximum absolute atomic E-state index is 13.9. The van der Waals surface area contributed by atoms with Gasteiger partial charge in [-0.2, -0.15) is 13.2 Å². The highest BCUT2D eigenvalue weighted by molar-refractivity contribution is 5.62. The number of nitrogens with one attached hydrogen (secondary N) is 1. The summed E-state index contributed by atoms with van der Waals surface area (Å²) < 4.78 is 61.8. The Hall–Kier alpha value is -4.02. The number of ether oxygens (including phenoxy) is 1. The molecule has 0 saturated carbocycles. The van der Waals surface area contributed by atoms with Gasteiger partial charge in [0.1, 0.15) is 22.8 Å². The second kappa shape index (κ2) is 9.08. The van der Waals surface area contributed by atoms with E-state index in [1.807, 2.05) is 6.92 Å². The number of hydrogen-bond donors (Lipinski definition) is 1. The molecule has 0 aliphatic heterocycles. The number of nitrogens with zero attached hydrogens (tertiary/aromatic N) is 5. The molecule has 0 fully saturated rings. The highest BCUT2D eigenvalue weighted by atomic mass is 19.4. The van der Waals surface area contributed by atoms with Crippen LogP contribution in [0.15, 0.2) is 55.0 Å². The summed E-state index contributed by atoms with van der Waals surface area (Å²) in [5.41, 5.74) is 1.04. The van der Waals surface area contributed by atoms with Crippen molar-refractivity contribution in [3.63, 3.8) is 0 Å². The number of imidazole rings is 1. The minimum absolute atomic E-state index is 0.0704. The van der Waals surface area contributed by atoms with Gasteiger partial charge in [0.05, 0.1) is 30.9 Å². The number of hydrogen-bond acceptors (Lipinski definition) is 6. The van der Waals surface area contributed by atoms with Crippen LogP contribution in [-0.4, -0.2) is 31.8 Å². The Morgan fingerprint density at radius 1 is 1.03 bits per heavy atom. The van der Waals surface area contributed by atoms with Crippen LogP contribution < -0.4 is 10.1 Å². The normalized spacial score (nSPS) is 12.4. The third-order valence-corrected chi connectivity index (χ3v) is 5.11. The van der Waals surface area contributed by atoms with Gasteiger partial charge in [-0.25, -0.2) is 14.4 Å². The minimum Gasteiger partial charge on any atom is -0.479 e. The van der Waals surface area contributed by atoms with Gasteiger partial charge in [-0.15, -0.1) is 10.2 Å². The number of benzene rings is 1. The number of halogens is 4. The summed E-state index contributed by atoms with van der Waals surface area (Å²) in [6.45, 7) is 3.47. The molecule has 7 nitrogen and oxygen atoms in total. The van der Waals surface area contributed by atoms with Crippen LogP contribution in [0.3, 0.4) is 0 Å². The van der Waals surface area contributed by atoms with E-state index >= 15 is 0 Å². The van der Waals surface area contributed by atoms with E-state index < -0.39 is 29.4 Å². The largest absolute Gasteiger partial charge is 0.479 e. The highest BCUT2D eigenvalue weighted by Crippen LogP contribution is 2.37. The molecule has 0 aliphatic carbocycles. The summed E-state index contributed by atoms with van der Waals surface area (Å²) in [5.74, 6) is -0.684. The molecule has 4 rings (SSSR count). The van der Waals surface area contributed by atoms with E-state index in [0.717, 1.165) is 11.8 Å².